The minimum atomic E-state index is 0.373. The van der Waals surface area contributed by atoms with E-state index in [1.165, 1.54) is 0 Å². The molecule has 3 aromatic rings. The van der Waals surface area contributed by atoms with Crippen molar-refractivity contribution in [2.75, 3.05) is 0 Å². The Kier molecular flexibility index (Phi) is 3.97. The molecule has 3 nitrogen and oxygen atoms in total. The van der Waals surface area contributed by atoms with Gasteiger partial charge in [-0.15, -0.1) is 0 Å². The van der Waals surface area contributed by atoms with Gasteiger partial charge in [0.2, 0.25) is 0 Å². The van der Waals surface area contributed by atoms with Crippen molar-refractivity contribution in [3.63, 3.8) is 0 Å². The van der Waals surface area contributed by atoms with Crippen LogP contribution in [0.2, 0.25) is 10.0 Å². The lowest BCUT2D eigenvalue weighted by atomic mass is 10.1. The quantitative estimate of drug-likeness (QED) is 0.782. The van der Waals surface area contributed by atoms with Crippen LogP contribution >= 0.6 is 23.2 Å². The van der Waals surface area contributed by atoms with Crippen LogP contribution in [0.5, 0.6) is 0 Å². The second-order valence-corrected chi connectivity index (χ2v) is 5.44. The molecule has 106 valence electrons. The Morgan fingerprint density at radius 1 is 1.00 bits per heavy atom. The van der Waals surface area contributed by atoms with Crippen molar-refractivity contribution in [1.82, 2.24) is 9.78 Å². The van der Waals surface area contributed by atoms with Crippen LogP contribution in [-0.2, 0) is 6.54 Å². The Morgan fingerprint density at radius 3 is 2.38 bits per heavy atom. The van der Waals surface area contributed by atoms with Crippen molar-refractivity contribution in [3.8, 4) is 16.9 Å². The lowest BCUT2D eigenvalue weighted by molar-refractivity contribution is 0.838. The number of aromatic nitrogens is 2. The fraction of sp³-hybridized carbons (Fsp3) is 0.0625. The van der Waals surface area contributed by atoms with E-state index in [-0.39, 0.29) is 0 Å². The third-order valence-corrected chi connectivity index (χ3v) is 3.77. The molecule has 2 N–H and O–H groups in total. The van der Waals surface area contributed by atoms with Crippen LogP contribution in [0.3, 0.4) is 0 Å². The summed E-state index contributed by atoms with van der Waals surface area (Å²) in [5, 5.41) is 5.90. The molecule has 0 aliphatic carbocycles. The topological polar surface area (TPSA) is 43.8 Å². The van der Waals surface area contributed by atoms with E-state index in [4.69, 9.17) is 28.9 Å². The smallest absolute Gasteiger partial charge is 0.0771 e. The molecule has 0 spiro atoms. The number of rotatable bonds is 3. The Balaban J connectivity index is 2.19. The van der Waals surface area contributed by atoms with Crippen molar-refractivity contribution >= 4 is 23.2 Å². The SMILES string of the molecule is NCc1cc(-c2ccccc2Cl)n(-c2ccc(Cl)cc2)n1. The van der Waals surface area contributed by atoms with Crippen molar-refractivity contribution in [1.29, 1.82) is 0 Å². The summed E-state index contributed by atoms with van der Waals surface area (Å²) in [7, 11) is 0. The molecule has 0 aliphatic heterocycles. The number of hydrogen-bond donors (Lipinski definition) is 1. The van der Waals surface area contributed by atoms with E-state index < -0.39 is 0 Å². The molecular formula is C16H13Cl2N3. The molecule has 0 saturated carbocycles. The van der Waals surface area contributed by atoms with Crippen molar-refractivity contribution in [3.05, 3.63) is 70.3 Å². The maximum Gasteiger partial charge on any atom is 0.0771 e. The summed E-state index contributed by atoms with van der Waals surface area (Å²) in [5.74, 6) is 0. The van der Waals surface area contributed by atoms with Crippen LogP contribution in [0.25, 0.3) is 16.9 Å². The zero-order valence-electron chi connectivity index (χ0n) is 11.1. The van der Waals surface area contributed by atoms with Crippen LogP contribution in [-0.4, -0.2) is 9.78 Å². The summed E-state index contributed by atoms with van der Waals surface area (Å²) in [6.07, 6.45) is 0. The summed E-state index contributed by atoms with van der Waals surface area (Å²) in [6.45, 7) is 0.373. The molecule has 0 bridgehead atoms. The standard InChI is InChI=1S/C16H13Cl2N3/c17-11-5-7-13(8-6-11)21-16(9-12(10-19)20-21)14-3-1-2-4-15(14)18/h1-9H,10,19H2. The predicted molar refractivity (Wildman–Crippen MR) is 86.9 cm³/mol. The van der Waals surface area contributed by atoms with E-state index in [1.807, 2.05) is 59.3 Å². The first kappa shape index (κ1) is 14.1. The van der Waals surface area contributed by atoms with Gasteiger partial charge in [0.25, 0.3) is 0 Å². The van der Waals surface area contributed by atoms with E-state index in [0.29, 0.717) is 16.6 Å². The Labute approximate surface area is 132 Å². The molecule has 0 fully saturated rings. The minimum Gasteiger partial charge on any atom is -0.325 e. The van der Waals surface area contributed by atoms with Gasteiger partial charge in [0.15, 0.2) is 0 Å². The second kappa shape index (κ2) is 5.90. The first-order chi connectivity index (χ1) is 10.2. The Hall–Kier alpha value is -1.81. The number of nitrogens with zero attached hydrogens (tertiary/aromatic N) is 2. The molecule has 0 radical (unpaired) electrons. The van der Waals surface area contributed by atoms with E-state index in [1.54, 1.807) is 0 Å². The van der Waals surface area contributed by atoms with E-state index in [0.717, 1.165) is 22.6 Å². The van der Waals surface area contributed by atoms with Crippen LogP contribution < -0.4 is 5.73 Å². The average molecular weight is 318 g/mol. The van der Waals surface area contributed by atoms with Crippen molar-refractivity contribution < 1.29 is 0 Å². The number of hydrogen-bond acceptors (Lipinski definition) is 2. The first-order valence-electron chi connectivity index (χ1n) is 6.49. The lowest BCUT2D eigenvalue weighted by Crippen LogP contribution is -2.01. The fourth-order valence-corrected chi connectivity index (χ4v) is 2.53. The maximum atomic E-state index is 6.30. The van der Waals surface area contributed by atoms with E-state index in [2.05, 4.69) is 5.10 Å². The van der Waals surface area contributed by atoms with Gasteiger partial charge in [0, 0.05) is 22.2 Å². The van der Waals surface area contributed by atoms with E-state index >= 15 is 0 Å². The molecule has 1 aromatic heterocycles. The van der Waals surface area contributed by atoms with Gasteiger partial charge < -0.3 is 5.73 Å². The monoisotopic (exact) mass is 317 g/mol. The van der Waals surface area contributed by atoms with Gasteiger partial charge in [-0.3, -0.25) is 0 Å². The van der Waals surface area contributed by atoms with E-state index in [9.17, 15) is 0 Å². The summed E-state index contributed by atoms with van der Waals surface area (Å²) < 4.78 is 1.83. The van der Waals surface area contributed by atoms with Gasteiger partial charge >= 0.3 is 0 Å². The lowest BCUT2D eigenvalue weighted by Gasteiger charge is -2.09. The van der Waals surface area contributed by atoms with Gasteiger partial charge in [-0.25, -0.2) is 4.68 Å². The largest absolute Gasteiger partial charge is 0.325 e. The van der Waals surface area contributed by atoms with Gasteiger partial charge in [0.1, 0.15) is 0 Å². The summed E-state index contributed by atoms with van der Waals surface area (Å²) in [6, 6.07) is 17.1. The minimum absolute atomic E-state index is 0.373. The van der Waals surface area contributed by atoms with Crippen LogP contribution in [0.15, 0.2) is 54.6 Å². The highest BCUT2D eigenvalue weighted by atomic mass is 35.5. The highest BCUT2D eigenvalue weighted by Crippen LogP contribution is 2.30. The molecular weight excluding hydrogens is 305 g/mol. The molecule has 0 saturated heterocycles. The fourth-order valence-electron chi connectivity index (χ4n) is 2.17. The van der Waals surface area contributed by atoms with Crippen molar-refractivity contribution in [2.45, 2.75) is 6.54 Å². The average Bonchev–Trinajstić information content (AvgIpc) is 2.92. The van der Waals surface area contributed by atoms with Crippen LogP contribution in [0.4, 0.5) is 0 Å². The normalized spacial score (nSPS) is 10.8. The third kappa shape index (κ3) is 2.81. The Morgan fingerprint density at radius 2 is 1.71 bits per heavy atom. The number of nitrogens with two attached hydrogens (primary N) is 1. The molecule has 1 heterocycles. The molecule has 0 aliphatic rings. The predicted octanol–water partition coefficient (Wildman–Crippen LogP) is 4.30. The zero-order valence-corrected chi connectivity index (χ0v) is 12.6. The van der Waals surface area contributed by atoms with Crippen molar-refractivity contribution in [2.24, 2.45) is 5.73 Å². The Bertz CT molecular complexity index is 763. The highest BCUT2D eigenvalue weighted by Gasteiger charge is 2.13. The molecule has 2 aromatic carbocycles. The molecule has 0 amide bonds. The number of benzene rings is 2. The van der Waals surface area contributed by atoms with Gasteiger partial charge in [-0.05, 0) is 36.4 Å². The van der Waals surface area contributed by atoms with Gasteiger partial charge in [-0.2, -0.15) is 5.10 Å². The van der Waals surface area contributed by atoms with Crippen LogP contribution in [0.1, 0.15) is 5.69 Å². The second-order valence-electron chi connectivity index (χ2n) is 4.59. The zero-order chi connectivity index (χ0) is 14.8. The first-order valence-corrected chi connectivity index (χ1v) is 7.24. The molecule has 21 heavy (non-hydrogen) atoms. The summed E-state index contributed by atoms with van der Waals surface area (Å²) in [4.78, 5) is 0. The number of halogens is 2. The molecule has 0 atom stereocenters. The highest BCUT2D eigenvalue weighted by molar-refractivity contribution is 6.33. The molecule has 3 rings (SSSR count). The van der Waals surface area contributed by atoms with Crippen LogP contribution in [0, 0.1) is 0 Å². The maximum absolute atomic E-state index is 6.30. The molecule has 5 heteroatoms. The summed E-state index contributed by atoms with van der Waals surface area (Å²) >= 11 is 12.2. The summed E-state index contributed by atoms with van der Waals surface area (Å²) in [5.41, 5.74) is 9.26. The van der Waals surface area contributed by atoms with Gasteiger partial charge in [0.05, 0.1) is 17.1 Å². The molecule has 0 unspecified atom stereocenters. The van der Waals surface area contributed by atoms with Gasteiger partial charge in [-0.1, -0.05) is 41.4 Å². The third-order valence-electron chi connectivity index (χ3n) is 3.19.